The Morgan fingerprint density at radius 2 is 1.50 bits per heavy atom. The molecule has 16 heteroatoms. The van der Waals surface area contributed by atoms with E-state index in [1.807, 2.05) is 79.0 Å². The zero-order valence-corrected chi connectivity index (χ0v) is 57.2. The number of hydrogen-bond acceptors (Lipinski definition) is 15. The molecule has 0 radical (unpaired) electrons. The van der Waals surface area contributed by atoms with Crippen LogP contribution in [-0.4, -0.2) is 120 Å². The maximum Gasteiger partial charge on any atom is 0.173 e. The molecule has 4 aliphatic carbocycles. The second kappa shape index (κ2) is 30.7. The number of allylic oxidation sites excluding steroid dienone is 1. The Morgan fingerprint density at radius 3 is 2.29 bits per heavy atom. The average molecular weight is 1350 g/mol. The molecule has 6 aliphatic rings. The summed E-state index contributed by atoms with van der Waals surface area (Å²) in [6.45, 7) is 5.29. The van der Waals surface area contributed by atoms with Gasteiger partial charge in [-0.1, -0.05) is 129 Å². The summed E-state index contributed by atoms with van der Waals surface area (Å²) in [5.41, 5.74) is 9.50. The fourth-order valence-corrected chi connectivity index (χ4v) is 17.7. The van der Waals surface area contributed by atoms with E-state index in [1.54, 1.807) is 30.3 Å². The third-order valence-electron chi connectivity index (χ3n) is 22.8. The number of β-amino-alcohol motifs (C(OH)–C–C–N with tert-alkyl or cyclic N) is 1. The number of carbonyl (C=O) groups excluding carboxylic acids is 2. The Hall–Kier alpha value is -8.68. The topological polar surface area (TPSA) is 277 Å². The first kappa shape index (κ1) is 69.8. The lowest BCUT2D eigenvalue weighted by Crippen LogP contribution is -2.40. The number of benzene rings is 6. The molecule has 522 valence electrons. The third kappa shape index (κ3) is 15.2. The number of ether oxygens (including phenoxy) is 1. The molecule has 13 rings (SSSR count). The number of aromatic nitrogens is 1. The van der Waals surface area contributed by atoms with Gasteiger partial charge in [0.15, 0.2) is 35.5 Å². The van der Waals surface area contributed by atoms with Crippen LogP contribution in [-0.2, 0) is 41.7 Å². The predicted octanol–water partition coefficient (Wildman–Crippen LogP) is 10.5. The molecule has 13 bridgehead atoms. The summed E-state index contributed by atoms with van der Waals surface area (Å²) in [6, 6.07) is 38.3. The van der Waals surface area contributed by atoms with Crippen LogP contribution in [0.5, 0.6) is 23.0 Å². The van der Waals surface area contributed by atoms with Crippen molar-refractivity contribution >= 4 is 28.0 Å². The minimum Gasteiger partial charge on any atom is -0.508 e. The number of fused-ring (bicyclic) bond motifs is 15. The summed E-state index contributed by atoms with van der Waals surface area (Å²) < 4.78 is 5.70. The van der Waals surface area contributed by atoms with Crippen molar-refractivity contribution in [3.63, 3.8) is 0 Å². The van der Waals surface area contributed by atoms with E-state index in [0.717, 1.165) is 50.0 Å². The summed E-state index contributed by atoms with van der Waals surface area (Å²) in [4.78, 5) is 34.0. The molecule has 0 spiro atoms. The third-order valence-corrected chi connectivity index (χ3v) is 22.8. The van der Waals surface area contributed by atoms with Crippen molar-refractivity contribution in [1.82, 2.24) is 15.6 Å². The smallest absolute Gasteiger partial charge is 0.173 e. The highest BCUT2D eigenvalue weighted by atomic mass is 16.5. The number of ketones is 2. The second-order valence-corrected chi connectivity index (χ2v) is 29.3. The SMILES string of the molecule is CCCC1C(O)Cc2cc(c[nH]2)C(C)CNCC(O)Cc2ccc3cc(Cc4ccccc4)c(cc3c2O)NC2=CC(=CCN2)C2C(O)C#CC3CC(CC(C(O)O)C3Cc3cccc(O)c3)c3ccccc3C3C#CC4CC2CC1CC4C(=O)C(O)C(=O)CCc1cc(OC)c(O)cc13. The van der Waals surface area contributed by atoms with Crippen LogP contribution >= 0.6 is 0 Å². The molecule has 2 fully saturated rings. The van der Waals surface area contributed by atoms with Gasteiger partial charge in [-0.15, -0.1) is 0 Å². The first-order valence-electron chi connectivity index (χ1n) is 35.9. The predicted molar refractivity (Wildman–Crippen MR) is 385 cm³/mol. The number of aromatic amines is 1. The number of phenolic OH excluding ortho intramolecular Hbond substituents is 3. The van der Waals surface area contributed by atoms with E-state index in [0.29, 0.717) is 91.6 Å². The molecule has 16 nitrogen and oxygen atoms in total. The molecule has 16 atom stereocenters. The number of hydrogen-bond donors (Lipinski definition) is 13. The zero-order chi connectivity index (χ0) is 69.9. The van der Waals surface area contributed by atoms with Gasteiger partial charge >= 0.3 is 0 Å². The molecule has 16 unspecified atom stereocenters. The minimum absolute atomic E-state index is 0.00197. The van der Waals surface area contributed by atoms with Gasteiger partial charge in [-0.05, 0) is 203 Å². The maximum atomic E-state index is 15.8. The quantitative estimate of drug-likeness (QED) is 0.0383. The number of Topliss-reactive ketones (excluding diaryl/α,β-unsaturated/α-hetero) is 2. The number of anilines is 1. The van der Waals surface area contributed by atoms with Crippen LogP contribution < -0.4 is 20.7 Å². The lowest BCUT2D eigenvalue weighted by atomic mass is 9.63. The number of aryl methyl sites for hydroxylation is 1. The highest BCUT2D eigenvalue weighted by Gasteiger charge is 2.48. The zero-order valence-electron chi connectivity index (χ0n) is 57.2. The molecule has 2 saturated carbocycles. The van der Waals surface area contributed by atoms with Gasteiger partial charge in [-0.2, -0.15) is 0 Å². The van der Waals surface area contributed by atoms with Crippen molar-refractivity contribution < 1.29 is 60.3 Å². The highest BCUT2D eigenvalue weighted by Crippen LogP contribution is 2.51. The van der Waals surface area contributed by atoms with E-state index in [-0.39, 0.29) is 79.9 Å². The minimum atomic E-state index is -2.01. The van der Waals surface area contributed by atoms with Crippen molar-refractivity contribution in [2.45, 2.75) is 146 Å². The molecular formula is C84H94N4O12. The number of dihydropyridines is 1. The number of carbonyl (C=O) groups is 2. The monoisotopic (exact) mass is 1350 g/mol. The van der Waals surface area contributed by atoms with Crippen molar-refractivity contribution in [3.05, 3.63) is 207 Å². The van der Waals surface area contributed by atoms with Gasteiger partial charge in [0.25, 0.3) is 0 Å². The summed E-state index contributed by atoms with van der Waals surface area (Å²) in [6.07, 6.45) is 2.87. The van der Waals surface area contributed by atoms with E-state index in [4.69, 9.17) is 4.74 Å². The first-order valence-corrected chi connectivity index (χ1v) is 35.9. The average Bonchev–Trinajstić information content (AvgIpc) is 0.879. The molecule has 6 aromatic carbocycles. The van der Waals surface area contributed by atoms with Crippen LogP contribution in [0, 0.1) is 76.9 Å². The van der Waals surface area contributed by atoms with E-state index in [1.165, 1.54) is 7.11 Å². The summed E-state index contributed by atoms with van der Waals surface area (Å²) >= 11 is 0. The fraction of sp³-hybridized carbons (Fsp3) is 0.429. The second-order valence-electron chi connectivity index (χ2n) is 29.3. The van der Waals surface area contributed by atoms with Crippen LogP contribution in [0.1, 0.15) is 139 Å². The van der Waals surface area contributed by atoms with Gasteiger partial charge in [0.05, 0.1) is 25.2 Å². The Morgan fingerprint density at radius 1 is 0.710 bits per heavy atom. The maximum absolute atomic E-state index is 15.8. The number of aromatic hydroxyl groups is 3. The van der Waals surface area contributed by atoms with E-state index in [9.17, 15) is 50.8 Å². The van der Waals surface area contributed by atoms with Crippen LogP contribution in [0.2, 0.25) is 0 Å². The molecule has 1 aromatic heterocycles. The lowest BCUT2D eigenvalue weighted by Gasteiger charge is -2.42. The Bertz CT molecular complexity index is 4330. The Kier molecular flexibility index (Phi) is 21.4. The first-order chi connectivity index (χ1) is 48.4. The standard InChI is InChI=1S/C84H94N4O12/c1-4-11-65-57-34-59-33-52-20-23-67(69-43-77(94)78(100-3)39-53(69)22-25-75(92)83(97)82(96)70(52)37-57)66-17-9-8-16-64(66)56-31-50(68(72(38-56)84(98)99)30-49-14-10-15-62(89)29-49)21-24-74(91)80(59)54-26-27-86-79(40-54)88-73-42-71-51(32-58(73)28-48-12-6-5-7-13-48)18-19-55(81(71)95)36-63(90)46-85-44-47(2)60-35-61(87-45-60)41-76(65)93/h5-10,12-19,26,29,32,35,39-40,42-43,45,47,50,52,56-57,59,63,65,67-68,70,72,74,76,80,83-91,93-95,97-99H,4,11,22,25,27-28,30-31,33-34,36-38,41,44,46H2,1-3H3. The number of phenols is 3. The lowest BCUT2D eigenvalue weighted by molar-refractivity contribution is -0.142. The van der Waals surface area contributed by atoms with E-state index < -0.39 is 101 Å². The number of rotatable bonds is 8. The van der Waals surface area contributed by atoms with Gasteiger partial charge in [0, 0.05) is 91.5 Å². The number of H-pyrrole nitrogens is 1. The number of nitrogens with one attached hydrogen (secondary N) is 4. The van der Waals surface area contributed by atoms with Crippen LogP contribution in [0.25, 0.3) is 10.8 Å². The van der Waals surface area contributed by atoms with E-state index in [2.05, 4.69) is 88.8 Å². The van der Waals surface area contributed by atoms with Crippen LogP contribution in [0.3, 0.4) is 0 Å². The summed E-state index contributed by atoms with van der Waals surface area (Å²) in [5.74, 6) is 6.94. The van der Waals surface area contributed by atoms with Gasteiger partial charge in [0.1, 0.15) is 23.4 Å². The van der Waals surface area contributed by atoms with E-state index >= 15 is 4.79 Å². The molecule has 13 N–H and O–H groups in total. The highest BCUT2D eigenvalue weighted by molar-refractivity contribution is 6.06. The molecule has 2 aliphatic heterocycles. The number of aliphatic hydroxyl groups is 6. The molecule has 7 aromatic rings. The van der Waals surface area contributed by atoms with Crippen LogP contribution in [0.4, 0.5) is 5.69 Å². The van der Waals surface area contributed by atoms with Gasteiger partial charge < -0.3 is 71.6 Å². The van der Waals surface area contributed by atoms with Crippen molar-refractivity contribution in [2.75, 3.05) is 32.1 Å². The summed E-state index contributed by atoms with van der Waals surface area (Å²) in [5, 5.41) is 121. The van der Waals surface area contributed by atoms with Gasteiger partial charge in [-0.3, -0.25) is 9.59 Å². The number of aliphatic hydroxyl groups excluding tert-OH is 5. The summed E-state index contributed by atoms with van der Waals surface area (Å²) in [7, 11) is 1.45. The van der Waals surface area contributed by atoms with Crippen molar-refractivity contribution in [3.8, 4) is 46.7 Å². The largest absolute Gasteiger partial charge is 0.508 e. The normalized spacial score (nSPS) is 28.8. The van der Waals surface area contributed by atoms with Crippen LogP contribution in [0.15, 0.2) is 151 Å². The van der Waals surface area contributed by atoms with Gasteiger partial charge in [-0.25, -0.2) is 0 Å². The fourth-order valence-electron chi connectivity index (χ4n) is 17.7. The molecular weight excluding hydrogens is 1260 g/mol. The molecule has 0 amide bonds. The Labute approximate surface area is 585 Å². The molecule has 3 heterocycles. The Balaban J connectivity index is 1.04. The van der Waals surface area contributed by atoms with Crippen molar-refractivity contribution in [2.24, 2.45) is 53.3 Å². The van der Waals surface area contributed by atoms with Gasteiger partial charge in [0.2, 0.25) is 0 Å². The number of methoxy groups -OCH3 is 1. The molecule has 100 heavy (non-hydrogen) atoms. The van der Waals surface area contributed by atoms with Crippen molar-refractivity contribution in [1.29, 1.82) is 0 Å². The molecule has 0 saturated heterocycles.